The number of urea groups is 1. The Morgan fingerprint density at radius 3 is 2.42 bits per heavy atom. The maximum absolute atomic E-state index is 12.1. The second kappa shape index (κ2) is 7.99. The third kappa shape index (κ3) is 5.06. The number of carbonyl (C=O) groups is 2. The van der Waals surface area contributed by atoms with Crippen molar-refractivity contribution in [2.75, 3.05) is 33.7 Å². The van der Waals surface area contributed by atoms with Crippen LogP contribution in [0.1, 0.15) is 25.7 Å². The second-order valence-corrected chi connectivity index (χ2v) is 5.30. The summed E-state index contributed by atoms with van der Waals surface area (Å²) in [5.41, 5.74) is 5.72. The minimum atomic E-state index is -0.147. The molecule has 0 aliphatic heterocycles. The highest BCUT2D eigenvalue weighted by Gasteiger charge is 2.29. The zero-order valence-corrected chi connectivity index (χ0v) is 11.9. The number of amides is 3. The molecule has 6 nitrogen and oxygen atoms in total. The molecule has 0 bridgehead atoms. The lowest BCUT2D eigenvalue weighted by Gasteiger charge is -2.29. The van der Waals surface area contributed by atoms with E-state index < -0.39 is 0 Å². The number of hydrogen-bond donors (Lipinski definition) is 3. The first-order chi connectivity index (χ1) is 9.06. The predicted molar refractivity (Wildman–Crippen MR) is 74.6 cm³/mol. The van der Waals surface area contributed by atoms with Gasteiger partial charge in [-0.2, -0.15) is 0 Å². The number of carbonyl (C=O) groups excluding carboxylic acids is 2. The molecule has 0 heterocycles. The first-order valence-electron chi connectivity index (χ1n) is 6.99. The maximum Gasteiger partial charge on any atom is 0.316 e. The zero-order valence-electron chi connectivity index (χ0n) is 11.9. The highest BCUT2D eigenvalue weighted by Crippen LogP contribution is 2.29. The molecule has 1 rings (SSSR count). The molecule has 0 radical (unpaired) electrons. The molecule has 2 unspecified atom stereocenters. The lowest BCUT2D eigenvalue weighted by Crippen LogP contribution is -2.43. The lowest BCUT2D eigenvalue weighted by molar-refractivity contribution is -0.127. The molecule has 0 aromatic rings. The highest BCUT2D eigenvalue weighted by molar-refractivity contribution is 5.79. The molecule has 0 aromatic carbocycles. The summed E-state index contributed by atoms with van der Waals surface area (Å²) >= 11 is 0. The SMILES string of the molecule is CN(C)C(=O)NCCNC(=O)C1CCCCC1CN. The molecule has 0 aromatic heterocycles. The van der Waals surface area contributed by atoms with Crippen molar-refractivity contribution in [2.24, 2.45) is 17.6 Å². The van der Waals surface area contributed by atoms with Gasteiger partial charge in [0.15, 0.2) is 0 Å². The second-order valence-electron chi connectivity index (χ2n) is 5.30. The van der Waals surface area contributed by atoms with E-state index in [1.165, 1.54) is 11.3 Å². The van der Waals surface area contributed by atoms with Crippen molar-refractivity contribution in [3.05, 3.63) is 0 Å². The van der Waals surface area contributed by atoms with Gasteiger partial charge < -0.3 is 21.3 Å². The molecule has 0 spiro atoms. The molecular formula is C13H26N4O2. The van der Waals surface area contributed by atoms with Crippen LogP contribution in [0, 0.1) is 11.8 Å². The van der Waals surface area contributed by atoms with Crippen molar-refractivity contribution < 1.29 is 9.59 Å². The Hall–Kier alpha value is -1.30. The highest BCUT2D eigenvalue weighted by atomic mass is 16.2. The van der Waals surface area contributed by atoms with E-state index in [2.05, 4.69) is 10.6 Å². The van der Waals surface area contributed by atoms with Gasteiger partial charge in [0.05, 0.1) is 0 Å². The van der Waals surface area contributed by atoms with Gasteiger partial charge in [0.1, 0.15) is 0 Å². The fraction of sp³-hybridized carbons (Fsp3) is 0.846. The maximum atomic E-state index is 12.1. The third-order valence-corrected chi connectivity index (χ3v) is 3.66. The largest absolute Gasteiger partial charge is 0.354 e. The Morgan fingerprint density at radius 1 is 1.16 bits per heavy atom. The normalized spacial score (nSPS) is 22.7. The molecule has 110 valence electrons. The van der Waals surface area contributed by atoms with Gasteiger partial charge in [-0.3, -0.25) is 4.79 Å². The van der Waals surface area contributed by atoms with Gasteiger partial charge in [-0.25, -0.2) is 4.79 Å². The Labute approximate surface area is 115 Å². The summed E-state index contributed by atoms with van der Waals surface area (Å²) in [4.78, 5) is 24.8. The fourth-order valence-electron chi connectivity index (χ4n) is 2.48. The van der Waals surface area contributed by atoms with Gasteiger partial charge in [0.25, 0.3) is 0 Å². The first kappa shape index (κ1) is 15.8. The van der Waals surface area contributed by atoms with Crippen LogP contribution >= 0.6 is 0 Å². The summed E-state index contributed by atoms with van der Waals surface area (Å²) < 4.78 is 0. The van der Waals surface area contributed by atoms with Gasteiger partial charge >= 0.3 is 6.03 Å². The minimum Gasteiger partial charge on any atom is -0.354 e. The van der Waals surface area contributed by atoms with E-state index in [-0.39, 0.29) is 17.9 Å². The van der Waals surface area contributed by atoms with Crippen molar-refractivity contribution in [1.29, 1.82) is 0 Å². The molecule has 1 fully saturated rings. The summed E-state index contributed by atoms with van der Waals surface area (Å²) in [5.74, 6) is 0.433. The standard InChI is InChI=1S/C13H26N4O2/c1-17(2)13(19)16-8-7-15-12(18)11-6-4-3-5-10(11)9-14/h10-11H,3-9,14H2,1-2H3,(H,15,18)(H,16,19). The van der Waals surface area contributed by atoms with E-state index >= 15 is 0 Å². The van der Waals surface area contributed by atoms with Crippen LogP contribution in [0.2, 0.25) is 0 Å². The third-order valence-electron chi connectivity index (χ3n) is 3.66. The van der Waals surface area contributed by atoms with Crippen LogP contribution in [0.4, 0.5) is 4.79 Å². The van der Waals surface area contributed by atoms with E-state index in [0.717, 1.165) is 19.3 Å². The quantitative estimate of drug-likeness (QED) is 0.621. The predicted octanol–water partition coefficient (Wildman–Crippen LogP) is 0.139. The van der Waals surface area contributed by atoms with Gasteiger partial charge in [-0.05, 0) is 25.3 Å². The number of nitrogens with zero attached hydrogens (tertiary/aromatic N) is 1. The Balaban J connectivity index is 2.24. The van der Waals surface area contributed by atoms with Crippen LogP contribution < -0.4 is 16.4 Å². The molecule has 4 N–H and O–H groups in total. The van der Waals surface area contributed by atoms with Crippen molar-refractivity contribution in [1.82, 2.24) is 15.5 Å². The molecule has 19 heavy (non-hydrogen) atoms. The van der Waals surface area contributed by atoms with Gasteiger partial charge in [-0.1, -0.05) is 12.8 Å². The van der Waals surface area contributed by atoms with Crippen molar-refractivity contribution in [3.8, 4) is 0 Å². The van der Waals surface area contributed by atoms with Gasteiger partial charge in [0, 0.05) is 33.1 Å². The monoisotopic (exact) mass is 270 g/mol. The van der Waals surface area contributed by atoms with E-state index in [0.29, 0.717) is 25.6 Å². The van der Waals surface area contributed by atoms with Crippen molar-refractivity contribution >= 4 is 11.9 Å². The molecule has 6 heteroatoms. The molecule has 1 aliphatic carbocycles. The molecule has 3 amide bonds. The smallest absolute Gasteiger partial charge is 0.316 e. The molecule has 1 saturated carbocycles. The number of rotatable bonds is 5. The van der Waals surface area contributed by atoms with Gasteiger partial charge in [-0.15, -0.1) is 0 Å². The summed E-state index contributed by atoms with van der Waals surface area (Å²) in [7, 11) is 3.36. The summed E-state index contributed by atoms with van der Waals surface area (Å²) in [6.45, 7) is 1.49. The molecular weight excluding hydrogens is 244 g/mol. The molecule has 1 aliphatic rings. The topological polar surface area (TPSA) is 87.5 Å². The molecule has 0 saturated heterocycles. The minimum absolute atomic E-state index is 0.0447. The van der Waals surface area contributed by atoms with Crippen LogP contribution in [0.3, 0.4) is 0 Å². The van der Waals surface area contributed by atoms with E-state index in [1.807, 2.05) is 0 Å². The van der Waals surface area contributed by atoms with Crippen molar-refractivity contribution in [3.63, 3.8) is 0 Å². The van der Waals surface area contributed by atoms with Crippen LogP contribution in [-0.4, -0.2) is 50.6 Å². The van der Waals surface area contributed by atoms with Gasteiger partial charge in [0.2, 0.25) is 5.91 Å². The first-order valence-corrected chi connectivity index (χ1v) is 6.99. The van der Waals surface area contributed by atoms with Crippen molar-refractivity contribution in [2.45, 2.75) is 25.7 Å². The Morgan fingerprint density at radius 2 is 1.79 bits per heavy atom. The van der Waals surface area contributed by atoms with Crippen LogP contribution in [0.5, 0.6) is 0 Å². The van der Waals surface area contributed by atoms with Crippen LogP contribution in [0.15, 0.2) is 0 Å². The lowest BCUT2D eigenvalue weighted by atomic mass is 9.79. The van der Waals surface area contributed by atoms with Crippen LogP contribution in [0.25, 0.3) is 0 Å². The Bertz CT molecular complexity index is 307. The van der Waals surface area contributed by atoms with E-state index in [9.17, 15) is 9.59 Å². The summed E-state index contributed by atoms with van der Waals surface area (Å²) in [6.07, 6.45) is 4.25. The summed E-state index contributed by atoms with van der Waals surface area (Å²) in [5, 5.41) is 5.60. The molecule has 2 atom stereocenters. The van der Waals surface area contributed by atoms with E-state index in [1.54, 1.807) is 14.1 Å². The van der Waals surface area contributed by atoms with Crippen LogP contribution in [-0.2, 0) is 4.79 Å². The number of nitrogens with two attached hydrogens (primary N) is 1. The number of nitrogens with one attached hydrogen (secondary N) is 2. The average Bonchev–Trinajstić information content (AvgIpc) is 2.42. The van der Waals surface area contributed by atoms with E-state index in [4.69, 9.17) is 5.73 Å². The number of hydrogen-bond acceptors (Lipinski definition) is 3. The fourth-order valence-corrected chi connectivity index (χ4v) is 2.48. The zero-order chi connectivity index (χ0) is 14.3. The average molecular weight is 270 g/mol. The summed E-state index contributed by atoms with van der Waals surface area (Å²) in [6, 6.07) is -0.147. The Kier molecular flexibility index (Phi) is 6.62.